The molecule has 2 aromatic heterocycles. The van der Waals surface area contributed by atoms with E-state index in [2.05, 4.69) is 63.9 Å². The maximum absolute atomic E-state index is 9.22. The highest BCUT2D eigenvalue weighted by Gasteiger charge is 2.22. The standard InChI is InChI=1S/C26H26N6/c1-18-3-7-21(8-4-18)24-23(20-9-5-19(17-27)6-10-20)30-25(26-28-13-16-32(24)26)29-22-11-14-31(2)15-12-22/h3-10,13,16,22H,11-12,14-15H2,1-2H3,(H,29,30). The van der Waals surface area contributed by atoms with Crippen molar-refractivity contribution in [1.82, 2.24) is 19.3 Å². The zero-order valence-corrected chi connectivity index (χ0v) is 18.4. The van der Waals surface area contributed by atoms with Gasteiger partial charge in [0.2, 0.25) is 0 Å². The van der Waals surface area contributed by atoms with Gasteiger partial charge < -0.3 is 10.2 Å². The van der Waals surface area contributed by atoms with E-state index in [-0.39, 0.29) is 0 Å². The molecule has 0 bridgehead atoms. The first-order valence-electron chi connectivity index (χ1n) is 11.0. The summed E-state index contributed by atoms with van der Waals surface area (Å²) in [4.78, 5) is 12.1. The van der Waals surface area contributed by atoms with E-state index < -0.39 is 0 Å². The number of piperidine rings is 1. The molecule has 160 valence electrons. The van der Waals surface area contributed by atoms with Crippen molar-refractivity contribution in [2.75, 3.05) is 25.5 Å². The minimum Gasteiger partial charge on any atom is -0.364 e. The van der Waals surface area contributed by atoms with Crippen LogP contribution < -0.4 is 5.32 Å². The first-order valence-corrected chi connectivity index (χ1v) is 11.0. The number of anilines is 1. The number of hydrogen-bond donors (Lipinski definition) is 1. The lowest BCUT2D eigenvalue weighted by Crippen LogP contribution is -2.37. The highest BCUT2D eigenvalue weighted by molar-refractivity contribution is 5.84. The van der Waals surface area contributed by atoms with Crippen molar-refractivity contribution in [2.45, 2.75) is 25.8 Å². The van der Waals surface area contributed by atoms with E-state index in [1.54, 1.807) is 0 Å². The van der Waals surface area contributed by atoms with Gasteiger partial charge >= 0.3 is 0 Å². The van der Waals surface area contributed by atoms with Crippen LogP contribution in [-0.4, -0.2) is 45.4 Å². The molecule has 6 heteroatoms. The number of benzene rings is 2. The minimum atomic E-state index is 0.373. The van der Waals surface area contributed by atoms with Crippen molar-refractivity contribution >= 4 is 11.5 Å². The lowest BCUT2D eigenvalue weighted by molar-refractivity contribution is 0.263. The van der Waals surface area contributed by atoms with Crippen LogP contribution in [0.2, 0.25) is 0 Å². The number of nitriles is 1. The summed E-state index contributed by atoms with van der Waals surface area (Å²) in [7, 11) is 2.17. The predicted octanol–water partition coefficient (Wildman–Crippen LogP) is 4.75. The lowest BCUT2D eigenvalue weighted by Gasteiger charge is -2.30. The monoisotopic (exact) mass is 422 g/mol. The molecule has 32 heavy (non-hydrogen) atoms. The van der Waals surface area contributed by atoms with Crippen LogP contribution in [0, 0.1) is 18.3 Å². The van der Waals surface area contributed by atoms with Gasteiger partial charge in [-0.05, 0) is 52.0 Å². The molecule has 2 aromatic carbocycles. The van der Waals surface area contributed by atoms with Crippen molar-refractivity contribution < 1.29 is 0 Å². The van der Waals surface area contributed by atoms with Gasteiger partial charge in [-0.15, -0.1) is 0 Å². The van der Waals surface area contributed by atoms with Gasteiger partial charge in [-0.2, -0.15) is 5.26 Å². The second-order valence-electron chi connectivity index (χ2n) is 8.56. The number of imidazole rings is 1. The van der Waals surface area contributed by atoms with Crippen LogP contribution in [0.15, 0.2) is 60.9 Å². The van der Waals surface area contributed by atoms with E-state index in [0.717, 1.165) is 59.9 Å². The SMILES string of the molecule is Cc1ccc(-c2c(-c3ccc(C#N)cc3)nc(NC3CCN(C)CC3)c3nccn23)cc1. The molecule has 0 aliphatic carbocycles. The molecule has 0 radical (unpaired) electrons. The lowest BCUT2D eigenvalue weighted by atomic mass is 10.0. The third kappa shape index (κ3) is 3.83. The quantitative estimate of drug-likeness (QED) is 0.514. The molecule has 0 unspecified atom stereocenters. The third-order valence-corrected chi connectivity index (χ3v) is 6.21. The molecular formula is C26H26N6. The second kappa shape index (κ2) is 8.45. The number of nitrogens with one attached hydrogen (secondary N) is 1. The molecular weight excluding hydrogens is 396 g/mol. The zero-order chi connectivity index (χ0) is 22.1. The Morgan fingerprint density at radius 3 is 2.38 bits per heavy atom. The number of hydrogen-bond acceptors (Lipinski definition) is 5. The largest absolute Gasteiger partial charge is 0.364 e. The summed E-state index contributed by atoms with van der Waals surface area (Å²) >= 11 is 0. The summed E-state index contributed by atoms with van der Waals surface area (Å²) in [5.74, 6) is 0.805. The Balaban J connectivity index is 1.67. The van der Waals surface area contributed by atoms with Gasteiger partial charge in [-0.1, -0.05) is 42.0 Å². The maximum atomic E-state index is 9.22. The molecule has 0 amide bonds. The molecule has 0 saturated carbocycles. The Hall–Kier alpha value is -3.69. The number of likely N-dealkylation sites (tertiary alicyclic amines) is 1. The molecule has 1 aliphatic heterocycles. The molecule has 0 atom stereocenters. The number of aromatic nitrogens is 3. The Morgan fingerprint density at radius 1 is 1.00 bits per heavy atom. The van der Waals surface area contributed by atoms with Gasteiger partial charge in [0, 0.05) is 29.6 Å². The average Bonchev–Trinajstić information content (AvgIpc) is 3.31. The molecule has 0 spiro atoms. The van der Waals surface area contributed by atoms with Crippen molar-refractivity contribution in [3.63, 3.8) is 0 Å². The molecule has 3 heterocycles. The molecule has 1 aliphatic rings. The number of aryl methyl sites for hydroxylation is 1. The second-order valence-corrected chi connectivity index (χ2v) is 8.56. The normalized spacial score (nSPS) is 15.0. The van der Waals surface area contributed by atoms with Crippen LogP contribution in [0.3, 0.4) is 0 Å². The van der Waals surface area contributed by atoms with Gasteiger partial charge in [0.1, 0.15) is 0 Å². The maximum Gasteiger partial charge on any atom is 0.180 e. The molecule has 4 aromatic rings. The van der Waals surface area contributed by atoms with Crippen LogP contribution in [-0.2, 0) is 0 Å². The summed E-state index contributed by atoms with van der Waals surface area (Å²) in [5.41, 5.74) is 6.60. The van der Waals surface area contributed by atoms with E-state index in [1.165, 1.54) is 5.56 Å². The van der Waals surface area contributed by atoms with Crippen molar-refractivity contribution in [3.8, 4) is 28.6 Å². The fourth-order valence-electron chi connectivity index (χ4n) is 4.32. The van der Waals surface area contributed by atoms with Gasteiger partial charge in [0.25, 0.3) is 0 Å². The van der Waals surface area contributed by atoms with E-state index in [1.807, 2.05) is 36.7 Å². The van der Waals surface area contributed by atoms with E-state index in [0.29, 0.717) is 11.6 Å². The van der Waals surface area contributed by atoms with Crippen LogP contribution in [0.1, 0.15) is 24.0 Å². The van der Waals surface area contributed by atoms with E-state index in [4.69, 9.17) is 4.98 Å². The Kier molecular flexibility index (Phi) is 5.34. The van der Waals surface area contributed by atoms with Gasteiger partial charge in [-0.3, -0.25) is 4.40 Å². The van der Waals surface area contributed by atoms with Crippen LogP contribution in [0.5, 0.6) is 0 Å². The molecule has 1 fully saturated rings. The molecule has 1 N–H and O–H groups in total. The summed E-state index contributed by atoms with van der Waals surface area (Å²) in [6.07, 6.45) is 5.99. The number of rotatable bonds is 4. The Morgan fingerprint density at radius 2 is 1.69 bits per heavy atom. The first kappa shape index (κ1) is 20.2. The topological polar surface area (TPSA) is 69.2 Å². The van der Waals surface area contributed by atoms with Crippen LogP contribution >= 0.6 is 0 Å². The van der Waals surface area contributed by atoms with Gasteiger partial charge in [-0.25, -0.2) is 9.97 Å². The zero-order valence-electron chi connectivity index (χ0n) is 18.4. The van der Waals surface area contributed by atoms with Crippen molar-refractivity contribution in [3.05, 3.63) is 72.1 Å². The summed E-state index contributed by atoms with van der Waals surface area (Å²) in [6.45, 7) is 4.24. The smallest absolute Gasteiger partial charge is 0.180 e. The fourth-order valence-corrected chi connectivity index (χ4v) is 4.32. The summed E-state index contributed by atoms with van der Waals surface area (Å²) in [5, 5.41) is 12.9. The Bertz CT molecular complexity index is 1270. The van der Waals surface area contributed by atoms with E-state index in [9.17, 15) is 5.26 Å². The molecule has 6 nitrogen and oxygen atoms in total. The molecule has 5 rings (SSSR count). The van der Waals surface area contributed by atoms with Crippen molar-refractivity contribution in [2.24, 2.45) is 0 Å². The van der Waals surface area contributed by atoms with Crippen LogP contribution in [0.25, 0.3) is 28.2 Å². The summed E-state index contributed by atoms with van der Waals surface area (Å²) < 4.78 is 2.13. The van der Waals surface area contributed by atoms with E-state index >= 15 is 0 Å². The number of nitrogens with zero attached hydrogens (tertiary/aromatic N) is 5. The number of fused-ring (bicyclic) bond motifs is 1. The van der Waals surface area contributed by atoms with Gasteiger partial charge in [0.15, 0.2) is 11.5 Å². The highest BCUT2D eigenvalue weighted by Crippen LogP contribution is 2.34. The predicted molar refractivity (Wildman–Crippen MR) is 127 cm³/mol. The minimum absolute atomic E-state index is 0.373. The third-order valence-electron chi connectivity index (χ3n) is 6.21. The average molecular weight is 423 g/mol. The van der Waals surface area contributed by atoms with Crippen LogP contribution in [0.4, 0.5) is 5.82 Å². The Labute approximate surface area is 188 Å². The summed E-state index contributed by atoms with van der Waals surface area (Å²) in [6, 6.07) is 18.7. The molecule has 1 saturated heterocycles. The first-order chi connectivity index (χ1) is 15.6. The highest BCUT2D eigenvalue weighted by atomic mass is 15.2. The van der Waals surface area contributed by atoms with Gasteiger partial charge in [0.05, 0.1) is 23.0 Å². The fraction of sp³-hybridized carbons (Fsp3) is 0.269. The van der Waals surface area contributed by atoms with Crippen molar-refractivity contribution in [1.29, 1.82) is 5.26 Å².